The number of nitrogens with zero attached hydrogens (tertiary/aromatic N) is 2. The first-order valence-electron chi connectivity index (χ1n) is 13.3. The Kier molecular flexibility index (Phi) is 6.12. The van der Waals surface area contributed by atoms with Crippen molar-refractivity contribution in [3.05, 3.63) is 51.3 Å². The van der Waals surface area contributed by atoms with Gasteiger partial charge in [-0.15, -0.1) is 0 Å². The van der Waals surface area contributed by atoms with E-state index in [1.165, 1.54) is 4.90 Å². The van der Waals surface area contributed by atoms with E-state index in [9.17, 15) is 28.0 Å². The van der Waals surface area contributed by atoms with E-state index in [1.807, 2.05) is 6.92 Å². The summed E-state index contributed by atoms with van der Waals surface area (Å²) < 4.78 is 35.2. The maximum absolute atomic E-state index is 14.1. The highest BCUT2D eigenvalue weighted by Crippen LogP contribution is 2.49. The van der Waals surface area contributed by atoms with Crippen molar-refractivity contribution >= 4 is 40.8 Å². The molecule has 1 aromatic carbocycles. The fraction of sp³-hybridized carbons (Fsp3) is 0.500. The largest absolute Gasteiger partial charge is 0.376 e. The third-order valence-electron chi connectivity index (χ3n) is 8.73. The molecule has 1 aromatic heterocycles. The van der Waals surface area contributed by atoms with Gasteiger partial charge in [-0.05, 0) is 56.4 Å². The number of rotatable bonds is 6. The molecular formula is C28H29ClF2N4O5. The number of fused-ring (bicyclic) bond motifs is 1. The molecule has 0 bridgehead atoms. The Balaban J connectivity index is 1.26. The average Bonchev–Trinajstić information content (AvgIpc) is 3.37. The Morgan fingerprint density at radius 1 is 1.07 bits per heavy atom. The van der Waals surface area contributed by atoms with Crippen LogP contribution >= 0.6 is 11.6 Å². The van der Waals surface area contributed by atoms with Crippen molar-refractivity contribution in [2.24, 2.45) is 0 Å². The molecule has 3 fully saturated rings. The van der Waals surface area contributed by atoms with Crippen molar-refractivity contribution < 1.29 is 32.7 Å². The zero-order valence-electron chi connectivity index (χ0n) is 22.2. The summed E-state index contributed by atoms with van der Waals surface area (Å²) in [5.41, 5.74) is 0.136. The van der Waals surface area contributed by atoms with Crippen LogP contribution in [0.4, 0.5) is 14.5 Å². The Hall–Kier alpha value is -3.31. The number of hydrogen-bond donors (Lipinski definition) is 2. The van der Waals surface area contributed by atoms with Gasteiger partial charge in [0.15, 0.2) is 0 Å². The molecule has 2 aromatic rings. The monoisotopic (exact) mass is 574 g/mol. The number of aromatic nitrogens is 1. The van der Waals surface area contributed by atoms with Crippen LogP contribution in [0.1, 0.15) is 63.4 Å². The van der Waals surface area contributed by atoms with Crippen LogP contribution in [0.15, 0.2) is 18.2 Å². The van der Waals surface area contributed by atoms with Crippen molar-refractivity contribution in [1.29, 1.82) is 0 Å². The van der Waals surface area contributed by atoms with Crippen LogP contribution < -0.4 is 10.6 Å². The van der Waals surface area contributed by atoms with E-state index in [-0.39, 0.29) is 11.3 Å². The number of likely N-dealkylation sites (tertiary alicyclic amines) is 1. The number of benzene rings is 1. The third-order valence-corrected chi connectivity index (χ3v) is 9.14. The van der Waals surface area contributed by atoms with Gasteiger partial charge in [-0.1, -0.05) is 17.7 Å². The molecule has 4 aliphatic rings. The van der Waals surface area contributed by atoms with Crippen LogP contribution in [0.3, 0.4) is 0 Å². The van der Waals surface area contributed by atoms with Gasteiger partial charge >= 0.3 is 0 Å². The normalized spacial score (nSPS) is 21.1. The number of amides is 3. The number of alkyl halides is 2. The van der Waals surface area contributed by atoms with Crippen molar-refractivity contribution in [3.63, 3.8) is 0 Å². The lowest BCUT2D eigenvalue weighted by Crippen LogP contribution is -2.79. The number of aryl methyl sites for hydroxylation is 1. The lowest BCUT2D eigenvalue weighted by Gasteiger charge is -2.61. The predicted molar refractivity (Wildman–Crippen MR) is 141 cm³/mol. The first kappa shape index (κ1) is 26.9. The smallest absolute Gasteiger partial charge is 0.293 e. The van der Waals surface area contributed by atoms with Crippen LogP contribution in [-0.4, -0.2) is 69.7 Å². The molecule has 3 aliphatic heterocycles. The minimum atomic E-state index is -3.13. The van der Waals surface area contributed by atoms with Crippen LogP contribution in [-0.2, 0) is 27.3 Å². The fourth-order valence-electron chi connectivity index (χ4n) is 6.44. The zero-order valence-corrected chi connectivity index (χ0v) is 22.9. The first-order valence-corrected chi connectivity index (χ1v) is 13.7. The van der Waals surface area contributed by atoms with Crippen molar-refractivity contribution in [2.75, 3.05) is 25.1 Å². The quantitative estimate of drug-likeness (QED) is 0.406. The number of carbonyl (C=O) groups excluding carboxylic acids is 4. The van der Waals surface area contributed by atoms with Gasteiger partial charge in [0.2, 0.25) is 5.91 Å². The van der Waals surface area contributed by atoms with E-state index in [0.29, 0.717) is 67.5 Å². The summed E-state index contributed by atoms with van der Waals surface area (Å²) in [6.07, 6.45) is 0.1000. The molecule has 12 heteroatoms. The standard InChI is InChI=1S/C28H29ClF2N4O5/c1-15-5-6-17(10-18(15)29)32-23(37)21-16(2)20(19-4-3-8-34(19)21)22(36)24(38)33-27(11-28(30,31)12-27)25(39)35-9-7-26(35)13-40-14-26/h5-6,10H,3-4,7-9,11-14H2,1-2H3,(H,32,37)(H,33,38). The highest BCUT2D eigenvalue weighted by atomic mass is 35.5. The van der Waals surface area contributed by atoms with E-state index in [1.54, 1.807) is 29.7 Å². The number of ketones is 1. The van der Waals surface area contributed by atoms with E-state index in [2.05, 4.69) is 10.6 Å². The summed E-state index contributed by atoms with van der Waals surface area (Å²) in [5.74, 6) is -6.28. The van der Waals surface area contributed by atoms with Gasteiger partial charge in [0.25, 0.3) is 23.5 Å². The number of nitrogens with one attached hydrogen (secondary N) is 2. The summed E-state index contributed by atoms with van der Waals surface area (Å²) in [7, 11) is 0. The molecule has 0 radical (unpaired) electrons. The number of hydrogen-bond acceptors (Lipinski definition) is 5. The molecule has 4 heterocycles. The Morgan fingerprint density at radius 3 is 2.38 bits per heavy atom. The lowest BCUT2D eigenvalue weighted by molar-refractivity contribution is -0.218. The molecule has 0 unspecified atom stereocenters. The molecule has 2 N–H and O–H groups in total. The molecule has 1 spiro atoms. The Labute approximate surface area is 234 Å². The van der Waals surface area contributed by atoms with Crippen molar-refractivity contribution in [2.45, 2.75) is 69.5 Å². The molecule has 212 valence electrons. The summed E-state index contributed by atoms with van der Waals surface area (Å²) >= 11 is 6.19. The van der Waals surface area contributed by atoms with Gasteiger partial charge < -0.3 is 24.8 Å². The van der Waals surface area contributed by atoms with Crippen LogP contribution in [0.5, 0.6) is 0 Å². The van der Waals surface area contributed by atoms with Crippen LogP contribution in [0.25, 0.3) is 0 Å². The maximum atomic E-state index is 14.1. The van der Waals surface area contributed by atoms with E-state index >= 15 is 0 Å². The molecule has 3 amide bonds. The number of halogens is 3. The highest BCUT2D eigenvalue weighted by molar-refractivity contribution is 6.44. The van der Waals surface area contributed by atoms with Crippen LogP contribution in [0.2, 0.25) is 5.02 Å². The van der Waals surface area contributed by atoms with Gasteiger partial charge in [0.1, 0.15) is 11.2 Å². The van der Waals surface area contributed by atoms with Gasteiger partial charge in [-0.2, -0.15) is 0 Å². The maximum Gasteiger partial charge on any atom is 0.293 e. The number of ether oxygens (including phenoxy) is 1. The van der Waals surface area contributed by atoms with E-state index in [0.717, 1.165) is 5.56 Å². The van der Waals surface area contributed by atoms with E-state index in [4.69, 9.17) is 16.3 Å². The summed E-state index contributed by atoms with van der Waals surface area (Å²) in [4.78, 5) is 55.1. The number of carbonyl (C=O) groups is 4. The minimum absolute atomic E-state index is 0.0728. The van der Waals surface area contributed by atoms with Crippen molar-refractivity contribution in [1.82, 2.24) is 14.8 Å². The highest BCUT2D eigenvalue weighted by Gasteiger charge is 2.66. The molecule has 6 rings (SSSR count). The molecule has 40 heavy (non-hydrogen) atoms. The predicted octanol–water partition coefficient (Wildman–Crippen LogP) is 3.42. The summed E-state index contributed by atoms with van der Waals surface area (Å²) in [6.45, 7) is 4.95. The second-order valence-electron chi connectivity index (χ2n) is 11.5. The van der Waals surface area contributed by atoms with Crippen molar-refractivity contribution in [3.8, 4) is 0 Å². The van der Waals surface area contributed by atoms with Gasteiger partial charge in [0.05, 0.1) is 24.3 Å². The molecular weight excluding hydrogens is 546 g/mol. The number of anilines is 1. The van der Waals surface area contributed by atoms with Gasteiger partial charge in [-0.25, -0.2) is 8.78 Å². The summed E-state index contributed by atoms with van der Waals surface area (Å²) in [6, 6.07) is 5.11. The average molecular weight is 575 g/mol. The summed E-state index contributed by atoms with van der Waals surface area (Å²) in [5, 5.41) is 5.69. The molecule has 0 atom stereocenters. The molecule has 1 saturated carbocycles. The van der Waals surface area contributed by atoms with Crippen LogP contribution in [0, 0.1) is 13.8 Å². The van der Waals surface area contributed by atoms with E-state index < -0.39 is 53.3 Å². The Morgan fingerprint density at radius 2 is 1.80 bits per heavy atom. The van der Waals surface area contributed by atoms with Gasteiger partial charge in [0, 0.05) is 42.3 Å². The molecule has 9 nitrogen and oxygen atoms in total. The second-order valence-corrected chi connectivity index (χ2v) is 11.9. The number of Topliss-reactive ketones (excluding diaryl/α,β-unsaturated/α-hetero) is 1. The fourth-order valence-corrected chi connectivity index (χ4v) is 6.62. The van der Waals surface area contributed by atoms with Gasteiger partial charge in [-0.3, -0.25) is 19.2 Å². The Bertz CT molecular complexity index is 1470. The first-order chi connectivity index (χ1) is 18.9. The lowest BCUT2D eigenvalue weighted by atomic mass is 9.69. The second kappa shape index (κ2) is 9.10. The minimum Gasteiger partial charge on any atom is -0.376 e. The zero-order chi connectivity index (χ0) is 28.6. The molecule has 2 saturated heterocycles. The topological polar surface area (TPSA) is 110 Å². The SMILES string of the molecule is Cc1ccc(NC(=O)c2c(C)c(C(=O)C(=O)NC3(C(=O)N4CCC45COC5)CC(F)(F)C3)c3n2CCC3)cc1Cl. The third kappa shape index (κ3) is 4.04. The molecule has 1 aliphatic carbocycles.